The number of aromatic nitrogens is 2. The molecular formula is C10H12BrN3O2. The normalized spacial score (nSPS) is 20.8. The van der Waals surface area contributed by atoms with Crippen molar-refractivity contribution in [1.82, 2.24) is 9.97 Å². The van der Waals surface area contributed by atoms with Gasteiger partial charge in [-0.25, -0.2) is 9.97 Å². The van der Waals surface area contributed by atoms with Gasteiger partial charge in [-0.3, -0.25) is 4.79 Å². The maximum Gasteiger partial charge on any atom is 0.308 e. The van der Waals surface area contributed by atoms with Crippen LogP contribution in [0.1, 0.15) is 12.8 Å². The minimum absolute atomic E-state index is 0.296. The second-order valence-corrected chi connectivity index (χ2v) is 4.67. The molecule has 1 aromatic heterocycles. The van der Waals surface area contributed by atoms with Crippen LogP contribution in [0.3, 0.4) is 0 Å². The Morgan fingerprint density at radius 1 is 1.62 bits per heavy atom. The summed E-state index contributed by atoms with van der Waals surface area (Å²) in [6.45, 7) is 1.37. The summed E-state index contributed by atoms with van der Waals surface area (Å²) >= 11 is 3.37. The molecule has 0 bridgehead atoms. The van der Waals surface area contributed by atoms with E-state index in [0.29, 0.717) is 6.54 Å². The number of piperidine rings is 1. The van der Waals surface area contributed by atoms with Gasteiger partial charge in [0, 0.05) is 19.3 Å². The summed E-state index contributed by atoms with van der Waals surface area (Å²) in [6.07, 6.45) is 4.78. The second-order valence-electron chi connectivity index (χ2n) is 3.82. The Morgan fingerprint density at radius 3 is 3.12 bits per heavy atom. The first kappa shape index (κ1) is 11.3. The smallest absolute Gasteiger partial charge is 0.308 e. The van der Waals surface area contributed by atoms with Crippen LogP contribution in [0, 0.1) is 5.92 Å². The molecule has 16 heavy (non-hydrogen) atoms. The van der Waals surface area contributed by atoms with Gasteiger partial charge >= 0.3 is 5.97 Å². The molecule has 1 fully saturated rings. The summed E-state index contributed by atoms with van der Waals surface area (Å²) in [7, 11) is 0. The van der Waals surface area contributed by atoms with Gasteiger partial charge < -0.3 is 10.0 Å². The minimum Gasteiger partial charge on any atom is -0.481 e. The topological polar surface area (TPSA) is 66.3 Å². The third-order valence-corrected chi connectivity index (χ3v) is 3.28. The third kappa shape index (κ3) is 2.32. The monoisotopic (exact) mass is 285 g/mol. The van der Waals surface area contributed by atoms with Crippen molar-refractivity contribution in [3.8, 4) is 0 Å². The van der Waals surface area contributed by atoms with E-state index in [2.05, 4.69) is 25.9 Å². The first-order chi connectivity index (χ1) is 7.68. The number of carboxylic acid groups (broad SMARTS) is 1. The molecule has 0 aromatic carbocycles. The summed E-state index contributed by atoms with van der Waals surface area (Å²) < 4.78 is 0.807. The Labute approximate surface area is 102 Å². The van der Waals surface area contributed by atoms with Crippen molar-refractivity contribution in [2.24, 2.45) is 5.92 Å². The summed E-state index contributed by atoms with van der Waals surface area (Å²) in [5, 5.41) is 9.00. The number of aliphatic carboxylic acids is 1. The van der Waals surface area contributed by atoms with Gasteiger partial charge in [0.1, 0.15) is 12.1 Å². The van der Waals surface area contributed by atoms with Crippen molar-refractivity contribution in [3.63, 3.8) is 0 Å². The number of hydrogen-bond acceptors (Lipinski definition) is 4. The number of hydrogen-bond donors (Lipinski definition) is 1. The van der Waals surface area contributed by atoms with Crippen molar-refractivity contribution in [2.75, 3.05) is 18.0 Å². The average Bonchev–Trinajstić information content (AvgIpc) is 2.30. The highest BCUT2D eigenvalue weighted by Crippen LogP contribution is 2.27. The fourth-order valence-electron chi connectivity index (χ4n) is 1.91. The van der Waals surface area contributed by atoms with Gasteiger partial charge in [0.15, 0.2) is 0 Å². The fourth-order valence-corrected chi connectivity index (χ4v) is 2.38. The van der Waals surface area contributed by atoms with E-state index in [9.17, 15) is 4.79 Å². The molecule has 5 nitrogen and oxygen atoms in total. The van der Waals surface area contributed by atoms with E-state index < -0.39 is 5.97 Å². The third-order valence-electron chi connectivity index (χ3n) is 2.72. The van der Waals surface area contributed by atoms with Crippen LogP contribution in [0.15, 0.2) is 17.0 Å². The van der Waals surface area contributed by atoms with Crippen LogP contribution in [0.4, 0.5) is 5.82 Å². The van der Waals surface area contributed by atoms with E-state index in [4.69, 9.17) is 5.11 Å². The number of rotatable bonds is 2. The van der Waals surface area contributed by atoms with Gasteiger partial charge in [0.25, 0.3) is 0 Å². The summed E-state index contributed by atoms with van der Waals surface area (Å²) in [5.41, 5.74) is 0. The molecule has 1 atom stereocenters. The first-order valence-corrected chi connectivity index (χ1v) is 5.91. The maximum atomic E-state index is 10.9. The lowest BCUT2D eigenvalue weighted by atomic mass is 9.98. The van der Waals surface area contributed by atoms with Crippen molar-refractivity contribution in [2.45, 2.75) is 12.8 Å². The molecule has 1 aliphatic heterocycles. The molecule has 1 unspecified atom stereocenters. The summed E-state index contributed by atoms with van der Waals surface area (Å²) in [6, 6.07) is 0. The zero-order valence-corrected chi connectivity index (χ0v) is 10.2. The average molecular weight is 286 g/mol. The van der Waals surface area contributed by atoms with Gasteiger partial charge in [0.2, 0.25) is 0 Å². The van der Waals surface area contributed by atoms with Crippen molar-refractivity contribution >= 4 is 27.7 Å². The van der Waals surface area contributed by atoms with Crippen LogP contribution in [0.2, 0.25) is 0 Å². The Hall–Kier alpha value is -1.17. The standard InChI is InChI=1S/C10H12BrN3O2/c11-8-4-12-6-13-9(8)14-3-1-2-7(5-14)10(15)16/h4,6-7H,1-3,5H2,(H,15,16). The molecule has 0 spiro atoms. The SMILES string of the molecule is O=C(O)C1CCCN(c2ncncc2Br)C1. The van der Waals surface area contributed by atoms with E-state index in [0.717, 1.165) is 29.7 Å². The van der Waals surface area contributed by atoms with Crippen LogP contribution in [-0.2, 0) is 4.79 Å². The molecule has 2 rings (SSSR count). The first-order valence-electron chi connectivity index (χ1n) is 5.11. The molecule has 0 saturated carbocycles. The van der Waals surface area contributed by atoms with E-state index in [1.165, 1.54) is 6.33 Å². The molecule has 1 aliphatic rings. The Kier molecular flexibility index (Phi) is 3.38. The van der Waals surface area contributed by atoms with Crippen molar-refractivity contribution in [3.05, 3.63) is 17.0 Å². The molecule has 1 N–H and O–H groups in total. The predicted molar refractivity (Wildman–Crippen MR) is 62.3 cm³/mol. The molecule has 1 aromatic rings. The lowest BCUT2D eigenvalue weighted by molar-refractivity contribution is -0.141. The van der Waals surface area contributed by atoms with Crippen LogP contribution in [-0.4, -0.2) is 34.1 Å². The van der Waals surface area contributed by atoms with Crippen LogP contribution >= 0.6 is 15.9 Å². The Bertz CT molecular complexity index is 399. The lowest BCUT2D eigenvalue weighted by Crippen LogP contribution is -2.39. The Morgan fingerprint density at radius 2 is 2.44 bits per heavy atom. The quantitative estimate of drug-likeness (QED) is 0.893. The zero-order chi connectivity index (χ0) is 11.5. The maximum absolute atomic E-state index is 10.9. The van der Waals surface area contributed by atoms with E-state index in [1.807, 2.05) is 4.90 Å². The summed E-state index contributed by atoms with van der Waals surface area (Å²) in [5.74, 6) is -0.244. The summed E-state index contributed by atoms with van der Waals surface area (Å²) in [4.78, 5) is 21.0. The Balaban J connectivity index is 2.16. The molecule has 0 aliphatic carbocycles. The minimum atomic E-state index is -0.727. The number of carboxylic acids is 1. The molecule has 1 saturated heterocycles. The van der Waals surface area contributed by atoms with Gasteiger partial charge in [0.05, 0.1) is 10.4 Å². The largest absolute Gasteiger partial charge is 0.481 e. The van der Waals surface area contributed by atoms with Gasteiger partial charge in [-0.1, -0.05) is 0 Å². The van der Waals surface area contributed by atoms with Crippen LogP contribution in [0.25, 0.3) is 0 Å². The van der Waals surface area contributed by atoms with E-state index in [-0.39, 0.29) is 5.92 Å². The fraction of sp³-hybridized carbons (Fsp3) is 0.500. The van der Waals surface area contributed by atoms with Gasteiger partial charge in [-0.05, 0) is 28.8 Å². The van der Waals surface area contributed by atoms with E-state index in [1.54, 1.807) is 6.20 Å². The second kappa shape index (κ2) is 4.78. The highest BCUT2D eigenvalue weighted by Gasteiger charge is 2.26. The number of halogens is 1. The predicted octanol–water partition coefficient (Wildman–Crippen LogP) is 1.54. The number of nitrogens with zero attached hydrogens (tertiary/aromatic N) is 3. The van der Waals surface area contributed by atoms with Crippen LogP contribution in [0.5, 0.6) is 0 Å². The lowest BCUT2D eigenvalue weighted by Gasteiger charge is -2.31. The molecule has 6 heteroatoms. The molecule has 86 valence electrons. The molecule has 0 radical (unpaired) electrons. The van der Waals surface area contributed by atoms with Crippen LogP contribution < -0.4 is 4.90 Å². The van der Waals surface area contributed by atoms with Crippen molar-refractivity contribution < 1.29 is 9.90 Å². The molecular weight excluding hydrogens is 274 g/mol. The number of anilines is 1. The van der Waals surface area contributed by atoms with E-state index >= 15 is 0 Å². The van der Waals surface area contributed by atoms with Crippen molar-refractivity contribution in [1.29, 1.82) is 0 Å². The highest BCUT2D eigenvalue weighted by atomic mass is 79.9. The van der Waals surface area contributed by atoms with Gasteiger partial charge in [-0.15, -0.1) is 0 Å². The number of carbonyl (C=O) groups is 1. The van der Waals surface area contributed by atoms with Gasteiger partial charge in [-0.2, -0.15) is 0 Å². The highest BCUT2D eigenvalue weighted by molar-refractivity contribution is 9.10. The molecule has 0 amide bonds. The zero-order valence-electron chi connectivity index (χ0n) is 8.64. The molecule has 2 heterocycles.